The van der Waals surface area contributed by atoms with Crippen molar-refractivity contribution in [3.8, 4) is 0 Å². The maximum absolute atomic E-state index is 13.0. The van der Waals surface area contributed by atoms with E-state index in [0.717, 1.165) is 0 Å². The Bertz CT molecular complexity index is 536. The lowest BCUT2D eigenvalue weighted by Gasteiger charge is -2.26. The molecule has 1 aromatic rings. The van der Waals surface area contributed by atoms with Crippen LogP contribution in [0.1, 0.15) is 23.6 Å². The van der Waals surface area contributed by atoms with Crippen molar-refractivity contribution in [2.24, 2.45) is 0 Å². The second-order valence-corrected chi connectivity index (χ2v) is 4.53. The van der Waals surface area contributed by atoms with Gasteiger partial charge in [-0.2, -0.15) is 43.9 Å². The molecule has 0 aromatic carbocycles. The van der Waals surface area contributed by atoms with Gasteiger partial charge in [0.05, 0.1) is 11.4 Å². The molecule has 0 aliphatic carbocycles. The van der Waals surface area contributed by atoms with Crippen molar-refractivity contribution >= 4 is 0 Å². The first-order valence-electron chi connectivity index (χ1n) is 5.75. The van der Waals surface area contributed by atoms with Gasteiger partial charge in [-0.25, -0.2) is 0 Å². The maximum Gasteiger partial charge on any atom is 0.456 e. The lowest BCUT2D eigenvalue weighted by Crippen LogP contribution is -2.43. The van der Waals surface area contributed by atoms with E-state index in [2.05, 4.69) is 4.98 Å². The molecule has 1 heterocycles. The molecule has 138 valence electrons. The van der Waals surface area contributed by atoms with E-state index < -0.39 is 47.8 Å². The molecule has 0 spiro atoms. The third-order valence-electron chi connectivity index (χ3n) is 2.80. The minimum atomic E-state index is -6.24. The zero-order chi connectivity index (χ0) is 19.1. The third-order valence-corrected chi connectivity index (χ3v) is 2.80. The van der Waals surface area contributed by atoms with Gasteiger partial charge < -0.3 is 10.2 Å². The van der Waals surface area contributed by atoms with Crippen molar-refractivity contribution < 1.29 is 54.1 Å². The van der Waals surface area contributed by atoms with E-state index in [9.17, 15) is 43.9 Å². The van der Waals surface area contributed by atoms with Gasteiger partial charge in [0.15, 0.2) is 12.2 Å². The summed E-state index contributed by atoms with van der Waals surface area (Å²) in [5.41, 5.74) is -3.10. The number of alkyl halides is 10. The number of nitrogens with zero attached hydrogens (tertiary/aromatic N) is 1. The zero-order valence-electron chi connectivity index (χ0n) is 11.0. The number of aliphatic hydroxyl groups excluding tert-OH is 2. The van der Waals surface area contributed by atoms with Gasteiger partial charge in [-0.05, 0) is 12.1 Å². The maximum atomic E-state index is 13.0. The van der Waals surface area contributed by atoms with Crippen molar-refractivity contribution in [1.29, 1.82) is 0 Å². The lowest BCUT2D eigenvalue weighted by atomic mass is 10.1. The average molecular weight is 375 g/mol. The Hall–Kier alpha value is -1.63. The zero-order valence-corrected chi connectivity index (χ0v) is 11.0. The van der Waals surface area contributed by atoms with Crippen LogP contribution in [0.15, 0.2) is 18.2 Å². The number of aromatic nitrogens is 1. The summed E-state index contributed by atoms with van der Waals surface area (Å²) in [5.74, 6) is -11.5. The van der Waals surface area contributed by atoms with Gasteiger partial charge in [0.25, 0.3) is 0 Å². The lowest BCUT2D eigenvalue weighted by molar-refractivity contribution is -0.316. The number of pyridine rings is 1. The van der Waals surface area contributed by atoms with Crippen LogP contribution in [-0.4, -0.2) is 39.4 Å². The van der Waals surface area contributed by atoms with Crippen LogP contribution in [-0.2, 0) is 0 Å². The molecule has 24 heavy (non-hydrogen) atoms. The Morgan fingerprint density at radius 1 is 0.667 bits per heavy atom. The predicted octanol–water partition coefficient (Wildman–Crippen LogP) is 3.54. The van der Waals surface area contributed by atoms with Crippen LogP contribution >= 0.6 is 0 Å². The first-order valence-corrected chi connectivity index (χ1v) is 5.75. The van der Waals surface area contributed by atoms with Crippen molar-refractivity contribution in [2.45, 2.75) is 36.4 Å². The Morgan fingerprint density at radius 3 is 1.21 bits per heavy atom. The molecule has 0 unspecified atom stereocenters. The summed E-state index contributed by atoms with van der Waals surface area (Å²) >= 11 is 0. The fourth-order valence-electron chi connectivity index (χ4n) is 1.45. The van der Waals surface area contributed by atoms with Crippen molar-refractivity contribution in [1.82, 2.24) is 4.98 Å². The van der Waals surface area contributed by atoms with Gasteiger partial charge >= 0.3 is 24.2 Å². The average Bonchev–Trinajstić information content (AvgIpc) is 2.43. The van der Waals surface area contributed by atoms with E-state index in [1.165, 1.54) is 0 Å². The molecular formula is C11H7F10NO2. The summed E-state index contributed by atoms with van der Waals surface area (Å²) < 4.78 is 125. The first kappa shape index (κ1) is 20.4. The summed E-state index contributed by atoms with van der Waals surface area (Å²) in [5, 5.41) is 18.1. The van der Waals surface area contributed by atoms with E-state index in [0.29, 0.717) is 18.2 Å². The number of rotatable bonds is 4. The number of aliphatic hydroxyl groups is 2. The van der Waals surface area contributed by atoms with Crippen LogP contribution in [0, 0.1) is 0 Å². The highest BCUT2D eigenvalue weighted by Gasteiger charge is 2.64. The van der Waals surface area contributed by atoms with Crippen molar-refractivity contribution in [3.63, 3.8) is 0 Å². The quantitative estimate of drug-likeness (QED) is 0.792. The Morgan fingerprint density at radius 2 is 0.958 bits per heavy atom. The summed E-state index contributed by atoms with van der Waals surface area (Å²) in [6.07, 6.45) is -19.8. The summed E-state index contributed by atoms with van der Waals surface area (Å²) in [4.78, 5) is 2.67. The molecule has 0 saturated heterocycles. The summed E-state index contributed by atoms with van der Waals surface area (Å²) in [6, 6.07) is 1.15. The highest BCUT2D eigenvalue weighted by molar-refractivity contribution is 5.19. The molecule has 0 saturated carbocycles. The fourth-order valence-corrected chi connectivity index (χ4v) is 1.45. The molecule has 13 heteroatoms. The van der Waals surface area contributed by atoms with E-state index in [1.54, 1.807) is 0 Å². The summed E-state index contributed by atoms with van der Waals surface area (Å²) in [6.45, 7) is 0. The fraction of sp³-hybridized carbons (Fsp3) is 0.545. The predicted molar refractivity (Wildman–Crippen MR) is 56.2 cm³/mol. The molecule has 0 aliphatic heterocycles. The van der Waals surface area contributed by atoms with Crippen molar-refractivity contribution in [3.05, 3.63) is 29.6 Å². The molecule has 1 rings (SSSR count). The van der Waals surface area contributed by atoms with Gasteiger partial charge in [0, 0.05) is 0 Å². The molecule has 3 nitrogen and oxygen atoms in total. The molecule has 0 bridgehead atoms. The molecule has 0 aliphatic rings. The number of hydrogen-bond donors (Lipinski definition) is 2. The standard InChI is InChI=1S/C11H7F10NO2/c12-8(13,10(16,17)18)6(23)4-2-1-3-5(22-4)7(24)9(14,15)11(19,20)21/h1-3,6-7,23-24H/t6-,7-/m0/s1. The van der Waals surface area contributed by atoms with Crippen LogP contribution in [0.25, 0.3) is 0 Å². The SMILES string of the molecule is O[C@@H](c1cccc([C@H](O)C(F)(F)C(F)(F)F)n1)C(F)(F)C(F)(F)F. The van der Waals surface area contributed by atoms with E-state index in [-0.39, 0.29) is 0 Å². The molecule has 2 N–H and O–H groups in total. The second-order valence-electron chi connectivity index (χ2n) is 4.53. The Labute approximate surface area is 126 Å². The van der Waals surface area contributed by atoms with Crippen LogP contribution in [0.4, 0.5) is 43.9 Å². The summed E-state index contributed by atoms with van der Waals surface area (Å²) in [7, 11) is 0. The highest BCUT2D eigenvalue weighted by atomic mass is 19.4. The van der Waals surface area contributed by atoms with E-state index >= 15 is 0 Å². The normalized spacial score (nSPS) is 16.8. The highest BCUT2D eigenvalue weighted by Crippen LogP contribution is 2.46. The van der Waals surface area contributed by atoms with Crippen LogP contribution in [0.5, 0.6) is 0 Å². The number of hydrogen-bond acceptors (Lipinski definition) is 3. The Balaban J connectivity index is 3.25. The Kier molecular flexibility index (Phi) is 5.12. The van der Waals surface area contributed by atoms with E-state index in [1.807, 2.05) is 0 Å². The second kappa shape index (κ2) is 6.02. The van der Waals surface area contributed by atoms with Gasteiger partial charge in [0.2, 0.25) is 0 Å². The smallest absolute Gasteiger partial charge is 0.380 e. The molecule has 2 atom stereocenters. The van der Waals surface area contributed by atoms with Gasteiger partial charge in [-0.15, -0.1) is 0 Å². The third kappa shape index (κ3) is 3.55. The van der Waals surface area contributed by atoms with Crippen LogP contribution < -0.4 is 0 Å². The topological polar surface area (TPSA) is 53.4 Å². The number of halogens is 10. The minimum absolute atomic E-state index is 0.340. The van der Waals surface area contributed by atoms with Crippen LogP contribution in [0.2, 0.25) is 0 Å². The largest absolute Gasteiger partial charge is 0.456 e. The van der Waals surface area contributed by atoms with Crippen LogP contribution in [0.3, 0.4) is 0 Å². The molecule has 0 radical (unpaired) electrons. The molecular weight excluding hydrogens is 368 g/mol. The van der Waals surface area contributed by atoms with Gasteiger partial charge in [-0.1, -0.05) is 6.07 Å². The van der Waals surface area contributed by atoms with Crippen molar-refractivity contribution in [2.75, 3.05) is 0 Å². The monoisotopic (exact) mass is 375 g/mol. The van der Waals surface area contributed by atoms with Gasteiger partial charge in [-0.3, -0.25) is 4.98 Å². The molecule has 0 amide bonds. The minimum Gasteiger partial charge on any atom is -0.380 e. The molecule has 0 fully saturated rings. The van der Waals surface area contributed by atoms with Gasteiger partial charge in [0.1, 0.15) is 0 Å². The molecule has 1 aromatic heterocycles. The first-order chi connectivity index (χ1) is 10.5. The van der Waals surface area contributed by atoms with E-state index in [4.69, 9.17) is 10.2 Å².